The van der Waals surface area contributed by atoms with Crippen LogP contribution >= 0.6 is 0 Å². The zero-order chi connectivity index (χ0) is 46.5. The Labute approximate surface area is 374 Å². The zero-order valence-electron chi connectivity index (χ0n) is 39.2. The van der Waals surface area contributed by atoms with E-state index in [-0.39, 0.29) is 30.5 Å². The molecular formula is C46H69N5O10SSi. The molecular weight excluding hydrogens is 843 g/mol. The van der Waals surface area contributed by atoms with Crippen molar-refractivity contribution in [1.29, 1.82) is 0 Å². The molecule has 6 rings (SSSR count). The van der Waals surface area contributed by atoms with E-state index in [0.29, 0.717) is 54.6 Å². The van der Waals surface area contributed by atoms with Gasteiger partial charge in [0.15, 0.2) is 0 Å². The summed E-state index contributed by atoms with van der Waals surface area (Å²) in [7, 11) is -6.24. The molecule has 4 amide bonds. The second-order valence-corrected chi connectivity index (χ2v) is 27.9. The molecule has 5 atom stereocenters. The summed E-state index contributed by atoms with van der Waals surface area (Å²) in [6.45, 7) is 23.4. The van der Waals surface area contributed by atoms with Crippen LogP contribution in [0.15, 0.2) is 30.4 Å². The monoisotopic (exact) mass is 911 g/mol. The Bertz CT molecular complexity index is 2250. The van der Waals surface area contributed by atoms with Crippen LogP contribution in [0.1, 0.15) is 126 Å². The molecule has 2 aromatic rings. The van der Waals surface area contributed by atoms with Crippen LogP contribution in [0, 0.1) is 12.8 Å². The van der Waals surface area contributed by atoms with Crippen molar-refractivity contribution in [3.05, 3.63) is 35.9 Å². The minimum Gasteiger partial charge on any atom is -0.543 e. The Morgan fingerprint density at radius 1 is 1.03 bits per heavy atom. The summed E-state index contributed by atoms with van der Waals surface area (Å²) in [6, 6.07) is 3.36. The summed E-state index contributed by atoms with van der Waals surface area (Å²) in [5, 5.41) is 6.35. The number of carbonyl (C=O) groups is 4. The van der Waals surface area contributed by atoms with Gasteiger partial charge in [-0.05, 0) is 117 Å². The number of aromatic nitrogens is 1. The van der Waals surface area contributed by atoms with Crippen molar-refractivity contribution < 1.29 is 46.2 Å². The Kier molecular flexibility index (Phi) is 13.4. The molecule has 0 unspecified atom stereocenters. The fraction of sp³-hybridized carbons (Fsp3) is 0.674. The highest BCUT2D eigenvalue weighted by Gasteiger charge is 2.63. The van der Waals surface area contributed by atoms with Gasteiger partial charge in [-0.2, -0.15) is 0 Å². The van der Waals surface area contributed by atoms with Gasteiger partial charge in [0, 0.05) is 29.4 Å². The SMILES string of the molecule is Cc1c(O[Si](C)(C)C(C)(C)C)ccc2c(O[C@@H]3C[C@H]4C(=O)N[C@]5(C(=O)NS(=O)(=O)C6(C)CC6)C[C@H]5/C=C\CCCCC[C@H](NC(=O)OC(C)(C)C)C(=O)N4C3)cc(OC(C)C)nc12. The summed E-state index contributed by atoms with van der Waals surface area (Å²) in [5.41, 5.74) is -0.927. The number of allylic oxidation sites excluding steroid dienone is 1. The number of nitrogens with zero attached hydrogens (tertiary/aromatic N) is 2. The van der Waals surface area contributed by atoms with Crippen LogP contribution in [0.25, 0.3) is 10.9 Å². The molecule has 3 N–H and O–H groups in total. The molecule has 2 aliphatic carbocycles. The van der Waals surface area contributed by atoms with Crippen LogP contribution in [0.3, 0.4) is 0 Å². The van der Waals surface area contributed by atoms with E-state index in [1.807, 2.05) is 45.1 Å². The third kappa shape index (κ3) is 10.8. The van der Waals surface area contributed by atoms with Gasteiger partial charge in [0.05, 0.1) is 22.9 Å². The molecule has 1 saturated heterocycles. The molecule has 1 aromatic heterocycles. The average molecular weight is 912 g/mol. The first-order valence-corrected chi connectivity index (χ1v) is 26.9. The molecule has 4 aliphatic rings. The lowest BCUT2D eigenvalue weighted by atomic mass is 10.0. The van der Waals surface area contributed by atoms with Crippen LogP contribution < -0.4 is 29.3 Å². The maximum absolute atomic E-state index is 14.8. The van der Waals surface area contributed by atoms with Gasteiger partial charge in [-0.25, -0.2) is 18.2 Å². The Morgan fingerprint density at radius 3 is 2.37 bits per heavy atom. The molecule has 15 nitrogen and oxygen atoms in total. The van der Waals surface area contributed by atoms with Crippen LogP contribution in [0.5, 0.6) is 17.4 Å². The number of pyridine rings is 1. The molecule has 3 heterocycles. The molecule has 2 aliphatic heterocycles. The smallest absolute Gasteiger partial charge is 0.408 e. The van der Waals surface area contributed by atoms with Crippen LogP contribution in [-0.2, 0) is 29.1 Å². The Hall–Kier alpha value is -4.38. The number of fused-ring (bicyclic) bond motifs is 3. The highest BCUT2D eigenvalue weighted by Crippen LogP contribution is 2.48. The van der Waals surface area contributed by atoms with E-state index in [1.54, 1.807) is 33.8 Å². The van der Waals surface area contributed by atoms with Gasteiger partial charge in [0.1, 0.15) is 40.8 Å². The van der Waals surface area contributed by atoms with E-state index < -0.39 is 82.1 Å². The number of amides is 4. The number of benzene rings is 1. The van der Waals surface area contributed by atoms with Crippen molar-refractivity contribution in [2.24, 2.45) is 5.92 Å². The van der Waals surface area contributed by atoms with E-state index in [9.17, 15) is 27.6 Å². The standard InChI is InChI=1S/C46H69N5O10SSi/c1-28(2)58-37-25-36(32-20-21-35(29(3)38(32)48-37)61-63(11,12)44(7,8)9)59-31-24-34-39(52)49-46(41(54)50-62(56,57)45(10)22-23-45)26-30(46)18-16-14-13-15-17-19-33(40(53)51(34)27-31)47-42(55)60-43(4,5)6/h16,18,20-21,25,28,30-31,33-34H,13-15,17,19,22-24,26-27H2,1-12H3,(H,47,55)(H,49,52)(H,50,54)/b18-16-/t30-,31-,33+,34+,46-/m1/s1. The first-order chi connectivity index (χ1) is 29.2. The van der Waals surface area contributed by atoms with Gasteiger partial charge < -0.3 is 34.2 Å². The van der Waals surface area contributed by atoms with Gasteiger partial charge in [-0.3, -0.25) is 19.1 Å². The number of aryl methyl sites for hydroxylation is 1. The molecule has 2 saturated carbocycles. The lowest BCUT2D eigenvalue weighted by Gasteiger charge is -2.37. The molecule has 0 radical (unpaired) electrons. The Balaban J connectivity index is 1.37. The lowest BCUT2D eigenvalue weighted by Crippen LogP contribution is -2.58. The first-order valence-electron chi connectivity index (χ1n) is 22.5. The maximum Gasteiger partial charge on any atom is 0.408 e. The molecule has 348 valence electrons. The lowest BCUT2D eigenvalue weighted by molar-refractivity contribution is -0.141. The predicted molar refractivity (Wildman–Crippen MR) is 244 cm³/mol. The van der Waals surface area contributed by atoms with Crippen molar-refractivity contribution in [3.8, 4) is 17.4 Å². The van der Waals surface area contributed by atoms with Gasteiger partial charge in [0.2, 0.25) is 36.0 Å². The number of sulfonamides is 1. The number of carbonyl (C=O) groups excluding carboxylic acids is 4. The third-order valence-corrected chi connectivity index (χ3v) is 19.6. The summed E-state index contributed by atoms with van der Waals surface area (Å²) in [5.74, 6) is -0.900. The zero-order valence-corrected chi connectivity index (χ0v) is 41.0. The third-order valence-electron chi connectivity index (χ3n) is 13.1. The van der Waals surface area contributed by atoms with Crippen LogP contribution in [-0.4, -0.2) is 97.2 Å². The van der Waals surface area contributed by atoms with Crippen LogP contribution in [0.4, 0.5) is 4.79 Å². The topological polar surface area (TPSA) is 192 Å². The minimum absolute atomic E-state index is 0.0288. The largest absolute Gasteiger partial charge is 0.543 e. The van der Waals surface area contributed by atoms with Gasteiger partial charge in [-0.15, -0.1) is 0 Å². The van der Waals surface area contributed by atoms with E-state index >= 15 is 0 Å². The van der Waals surface area contributed by atoms with Crippen molar-refractivity contribution in [2.75, 3.05) is 6.54 Å². The fourth-order valence-electron chi connectivity index (χ4n) is 7.87. The van der Waals surface area contributed by atoms with Gasteiger partial charge in [-0.1, -0.05) is 45.8 Å². The minimum atomic E-state index is -4.02. The van der Waals surface area contributed by atoms with Crippen molar-refractivity contribution >= 4 is 53.1 Å². The summed E-state index contributed by atoms with van der Waals surface area (Å²) < 4.78 is 53.0. The Morgan fingerprint density at radius 2 is 1.73 bits per heavy atom. The number of alkyl carbamates (subject to hydrolysis) is 1. The van der Waals surface area contributed by atoms with E-state index in [2.05, 4.69) is 49.2 Å². The van der Waals surface area contributed by atoms with Crippen molar-refractivity contribution in [3.63, 3.8) is 0 Å². The van der Waals surface area contributed by atoms with Crippen LogP contribution in [0.2, 0.25) is 18.1 Å². The average Bonchev–Trinajstić information content (AvgIpc) is 4.03. The number of hydrogen-bond donors (Lipinski definition) is 3. The summed E-state index contributed by atoms with van der Waals surface area (Å²) in [6.07, 6.45) is 6.34. The first kappa shape index (κ1) is 48.1. The van der Waals surface area contributed by atoms with Gasteiger partial charge in [0.25, 0.3) is 5.91 Å². The van der Waals surface area contributed by atoms with E-state index in [0.717, 1.165) is 24.2 Å². The second kappa shape index (κ2) is 17.5. The predicted octanol–water partition coefficient (Wildman–Crippen LogP) is 7.35. The van der Waals surface area contributed by atoms with E-state index in [4.69, 9.17) is 23.6 Å². The molecule has 1 aromatic carbocycles. The normalized spacial score (nSPS) is 26.0. The molecule has 0 spiro atoms. The highest BCUT2D eigenvalue weighted by molar-refractivity contribution is 7.91. The van der Waals surface area contributed by atoms with Crippen molar-refractivity contribution in [1.82, 2.24) is 25.2 Å². The molecule has 3 fully saturated rings. The van der Waals surface area contributed by atoms with Gasteiger partial charge >= 0.3 is 6.09 Å². The molecule has 0 bridgehead atoms. The number of rotatable bonds is 10. The van der Waals surface area contributed by atoms with Crippen molar-refractivity contribution in [2.45, 2.75) is 185 Å². The number of nitrogens with one attached hydrogen (secondary N) is 3. The number of hydrogen-bond acceptors (Lipinski definition) is 11. The summed E-state index contributed by atoms with van der Waals surface area (Å²) >= 11 is 0. The second-order valence-electron chi connectivity index (χ2n) is 21.0. The molecule has 63 heavy (non-hydrogen) atoms. The van der Waals surface area contributed by atoms with E-state index in [1.165, 1.54) is 4.90 Å². The highest BCUT2D eigenvalue weighted by atomic mass is 32.2. The maximum atomic E-state index is 14.8. The molecule has 17 heteroatoms. The quantitative estimate of drug-likeness (QED) is 0.160. The summed E-state index contributed by atoms with van der Waals surface area (Å²) in [4.78, 5) is 63.0. The fourth-order valence-corrected chi connectivity index (χ4v) is 10.3. The number of ether oxygens (including phenoxy) is 3.